The van der Waals surface area contributed by atoms with Crippen LogP contribution in [0.4, 0.5) is 21.9 Å². The Morgan fingerprint density at radius 1 is 1.02 bits per heavy atom. The topological polar surface area (TPSA) is 117 Å². The Labute approximate surface area is 289 Å². The molecule has 0 aliphatic carbocycles. The summed E-state index contributed by atoms with van der Waals surface area (Å²) < 4.78 is 6.44. The SMILES string of the molecule is CCC(Oc1ccc(C(C)(C)CC)cc1C(C)(C)CC)C(=O)Nc1cccc(N(C(N)=O)C2=NN(c3c(C)cc(C)cc3Cl)C(=O)C2)c1. The van der Waals surface area contributed by atoms with E-state index in [0.29, 0.717) is 34.3 Å². The van der Waals surface area contributed by atoms with Crippen molar-refractivity contribution in [2.45, 2.75) is 105 Å². The number of rotatable bonds is 11. The molecule has 3 aromatic carbocycles. The van der Waals surface area contributed by atoms with E-state index in [1.165, 1.54) is 10.6 Å². The third-order valence-corrected chi connectivity index (χ3v) is 9.70. The van der Waals surface area contributed by atoms with Crippen LogP contribution in [0, 0.1) is 13.8 Å². The molecule has 0 bridgehead atoms. The number of aryl methyl sites for hydroxylation is 2. The summed E-state index contributed by atoms with van der Waals surface area (Å²) in [7, 11) is 0. The zero-order valence-corrected chi connectivity index (χ0v) is 30.3. The van der Waals surface area contributed by atoms with Crippen LogP contribution >= 0.6 is 11.6 Å². The van der Waals surface area contributed by atoms with E-state index in [0.717, 1.165) is 34.4 Å². The third kappa shape index (κ3) is 7.67. The van der Waals surface area contributed by atoms with Gasteiger partial charge in [-0.05, 0) is 91.0 Å². The van der Waals surface area contributed by atoms with Crippen molar-refractivity contribution in [1.82, 2.24) is 0 Å². The molecule has 1 unspecified atom stereocenters. The van der Waals surface area contributed by atoms with E-state index in [1.54, 1.807) is 30.3 Å². The van der Waals surface area contributed by atoms with Crippen LogP contribution in [-0.4, -0.2) is 29.8 Å². The molecule has 1 aliphatic rings. The van der Waals surface area contributed by atoms with Gasteiger partial charge >= 0.3 is 6.03 Å². The minimum Gasteiger partial charge on any atom is -0.480 e. The van der Waals surface area contributed by atoms with Crippen molar-refractivity contribution in [3.8, 4) is 5.75 Å². The fourth-order valence-electron chi connectivity index (χ4n) is 5.69. The lowest BCUT2D eigenvalue weighted by Gasteiger charge is -2.31. The van der Waals surface area contributed by atoms with Crippen molar-refractivity contribution in [1.29, 1.82) is 0 Å². The van der Waals surface area contributed by atoms with Crippen molar-refractivity contribution >= 4 is 52.3 Å². The Bertz CT molecular complexity index is 1730. The molecule has 256 valence electrons. The maximum atomic E-state index is 13.6. The summed E-state index contributed by atoms with van der Waals surface area (Å²) in [6, 6.07) is 15.8. The molecule has 10 heteroatoms. The minimum atomic E-state index is -0.825. The van der Waals surface area contributed by atoms with Gasteiger partial charge < -0.3 is 15.8 Å². The summed E-state index contributed by atoms with van der Waals surface area (Å²) in [5.41, 5.74) is 10.9. The van der Waals surface area contributed by atoms with Crippen molar-refractivity contribution in [3.05, 3.63) is 81.9 Å². The number of amides is 4. The molecule has 48 heavy (non-hydrogen) atoms. The van der Waals surface area contributed by atoms with Gasteiger partial charge in [0, 0.05) is 11.3 Å². The van der Waals surface area contributed by atoms with Gasteiger partial charge in [0.15, 0.2) is 6.10 Å². The highest BCUT2D eigenvalue weighted by molar-refractivity contribution is 6.35. The van der Waals surface area contributed by atoms with Crippen LogP contribution in [0.25, 0.3) is 0 Å². The van der Waals surface area contributed by atoms with E-state index >= 15 is 0 Å². The second-order valence-corrected chi connectivity index (χ2v) is 14.1. The van der Waals surface area contributed by atoms with Crippen molar-refractivity contribution in [3.63, 3.8) is 0 Å². The van der Waals surface area contributed by atoms with Crippen molar-refractivity contribution in [2.75, 3.05) is 15.2 Å². The number of hydrazone groups is 1. The van der Waals surface area contributed by atoms with Crippen LogP contribution in [0.2, 0.25) is 5.02 Å². The number of primary amides is 1. The van der Waals surface area contributed by atoms with Gasteiger partial charge in [0.2, 0.25) is 0 Å². The number of nitrogens with zero attached hydrogens (tertiary/aromatic N) is 3. The summed E-state index contributed by atoms with van der Waals surface area (Å²) in [6.45, 7) is 18.8. The van der Waals surface area contributed by atoms with Crippen LogP contribution < -0.4 is 25.7 Å². The zero-order chi connectivity index (χ0) is 35.6. The van der Waals surface area contributed by atoms with E-state index in [1.807, 2.05) is 32.9 Å². The molecule has 1 heterocycles. The number of nitrogens with one attached hydrogen (secondary N) is 1. The van der Waals surface area contributed by atoms with Crippen LogP contribution in [0.1, 0.15) is 96.4 Å². The Kier molecular flexibility index (Phi) is 10.9. The van der Waals surface area contributed by atoms with Crippen molar-refractivity contribution < 1.29 is 19.1 Å². The molecule has 0 aromatic heterocycles. The first-order valence-corrected chi connectivity index (χ1v) is 16.9. The predicted molar refractivity (Wildman–Crippen MR) is 195 cm³/mol. The maximum Gasteiger partial charge on any atom is 0.324 e. The van der Waals surface area contributed by atoms with E-state index in [-0.39, 0.29) is 34.9 Å². The molecule has 0 fully saturated rings. The molecular weight excluding hydrogens is 626 g/mol. The van der Waals surface area contributed by atoms with Gasteiger partial charge in [-0.3, -0.25) is 9.59 Å². The van der Waals surface area contributed by atoms with Gasteiger partial charge in [-0.1, -0.05) is 84.3 Å². The molecule has 1 atom stereocenters. The average molecular weight is 674 g/mol. The highest BCUT2D eigenvalue weighted by atomic mass is 35.5. The van der Waals surface area contributed by atoms with Crippen LogP contribution in [0.15, 0.2) is 59.7 Å². The number of halogens is 1. The van der Waals surface area contributed by atoms with Crippen LogP contribution in [-0.2, 0) is 20.4 Å². The Balaban J connectivity index is 1.60. The number of benzene rings is 3. The van der Waals surface area contributed by atoms with E-state index in [4.69, 9.17) is 22.1 Å². The van der Waals surface area contributed by atoms with Crippen molar-refractivity contribution in [2.24, 2.45) is 10.8 Å². The van der Waals surface area contributed by atoms with Gasteiger partial charge in [0.05, 0.1) is 22.8 Å². The summed E-state index contributed by atoms with van der Waals surface area (Å²) in [5.74, 6) is 0.144. The first kappa shape index (κ1) is 36.5. The average Bonchev–Trinajstić information content (AvgIpc) is 3.38. The van der Waals surface area contributed by atoms with E-state index in [2.05, 4.69) is 64.1 Å². The lowest BCUT2D eigenvalue weighted by molar-refractivity contribution is -0.123. The monoisotopic (exact) mass is 673 g/mol. The molecule has 3 aromatic rings. The van der Waals surface area contributed by atoms with E-state index < -0.39 is 12.1 Å². The first-order valence-electron chi connectivity index (χ1n) is 16.5. The fraction of sp³-hybridized carbons (Fsp3) is 0.421. The Morgan fingerprint density at radius 3 is 2.31 bits per heavy atom. The summed E-state index contributed by atoms with van der Waals surface area (Å²) in [6.07, 6.45) is 1.39. The summed E-state index contributed by atoms with van der Waals surface area (Å²) in [4.78, 5) is 40.6. The summed E-state index contributed by atoms with van der Waals surface area (Å²) >= 11 is 6.49. The predicted octanol–water partition coefficient (Wildman–Crippen LogP) is 8.76. The Hall–Kier alpha value is -4.37. The van der Waals surface area contributed by atoms with Crippen LogP contribution in [0.5, 0.6) is 5.75 Å². The number of nitrogens with two attached hydrogens (primary N) is 1. The molecule has 4 amide bonds. The van der Waals surface area contributed by atoms with E-state index in [9.17, 15) is 14.4 Å². The van der Waals surface area contributed by atoms with Gasteiger partial charge in [0.1, 0.15) is 11.6 Å². The fourth-order valence-corrected chi connectivity index (χ4v) is 6.09. The number of urea groups is 1. The smallest absolute Gasteiger partial charge is 0.324 e. The standard InChI is InChI=1S/C38H48ClN5O4/c1-10-30(48-31-17-16-25(37(6,7)11-2)20-28(31)38(8,9)12-3)35(46)41-26-14-13-15-27(21-26)43(36(40)47)32-22-33(45)44(42-32)34-24(5)18-23(4)19-29(34)39/h13-21,30H,10-12,22H2,1-9H3,(H2,40,47)(H,41,46). The largest absolute Gasteiger partial charge is 0.480 e. The van der Waals surface area contributed by atoms with Gasteiger partial charge in [-0.15, -0.1) is 0 Å². The zero-order valence-electron chi connectivity index (χ0n) is 29.5. The molecule has 3 N–H and O–H groups in total. The molecule has 1 aliphatic heterocycles. The first-order chi connectivity index (χ1) is 22.5. The van der Waals surface area contributed by atoms with Gasteiger partial charge in [-0.25, -0.2) is 9.69 Å². The third-order valence-electron chi connectivity index (χ3n) is 9.41. The summed E-state index contributed by atoms with van der Waals surface area (Å²) in [5, 5.41) is 8.99. The molecule has 0 saturated carbocycles. The molecule has 9 nitrogen and oxygen atoms in total. The number of carbonyl (C=O) groups excluding carboxylic acids is 3. The number of amidine groups is 1. The molecule has 0 radical (unpaired) electrons. The van der Waals surface area contributed by atoms with Gasteiger partial charge in [-0.2, -0.15) is 10.1 Å². The lowest BCUT2D eigenvalue weighted by Crippen LogP contribution is -2.40. The lowest BCUT2D eigenvalue weighted by atomic mass is 9.76. The molecule has 4 rings (SSSR count). The number of anilines is 3. The minimum absolute atomic E-state index is 0.00471. The highest BCUT2D eigenvalue weighted by Gasteiger charge is 2.34. The number of hydrogen-bond acceptors (Lipinski definition) is 5. The molecule has 0 spiro atoms. The number of hydrogen-bond donors (Lipinski definition) is 2. The normalized spacial score (nSPS) is 14.1. The second kappa shape index (κ2) is 14.4. The molecule has 0 saturated heterocycles. The Morgan fingerprint density at radius 2 is 1.71 bits per heavy atom. The van der Waals surface area contributed by atoms with Gasteiger partial charge in [0.25, 0.3) is 11.8 Å². The van der Waals surface area contributed by atoms with Crippen LogP contribution in [0.3, 0.4) is 0 Å². The second-order valence-electron chi connectivity index (χ2n) is 13.7. The quantitative estimate of drug-likeness (QED) is 0.212. The number of ether oxygens (including phenoxy) is 1. The maximum absolute atomic E-state index is 13.6. The number of carbonyl (C=O) groups is 3. The highest BCUT2D eigenvalue weighted by Crippen LogP contribution is 2.39. The molecular formula is C38H48ClN5O4.